The molecule has 0 N–H and O–H groups in total. The van der Waals surface area contributed by atoms with Crippen LogP contribution >= 0.6 is 0 Å². The maximum absolute atomic E-state index is 6.23. The summed E-state index contributed by atoms with van der Waals surface area (Å²) in [5, 5.41) is 2.52. The first-order valence-electron chi connectivity index (χ1n) is 12.3. The number of para-hydroxylation sites is 1. The van der Waals surface area contributed by atoms with E-state index in [-0.39, 0.29) is 18.3 Å². The van der Waals surface area contributed by atoms with Crippen LogP contribution in [0.3, 0.4) is 0 Å². The van der Waals surface area contributed by atoms with E-state index in [0.717, 1.165) is 5.46 Å². The molecule has 0 unspecified atom stereocenters. The largest absolute Gasteiger partial charge is 0.494 e. The van der Waals surface area contributed by atoms with Crippen molar-refractivity contribution in [2.24, 2.45) is 0 Å². The van der Waals surface area contributed by atoms with E-state index in [1.165, 1.54) is 44.2 Å². The van der Waals surface area contributed by atoms with Crippen LogP contribution in [0.5, 0.6) is 0 Å². The molecule has 6 rings (SSSR count). The molecular weight excluding hydrogens is 429 g/mol. The van der Waals surface area contributed by atoms with Crippen molar-refractivity contribution < 1.29 is 9.31 Å². The molecule has 5 aromatic rings. The van der Waals surface area contributed by atoms with E-state index in [2.05, 4.69) is 130 Å². The Kier molecular flexibility index (Phi) is 4.96. The summed E-state index contributed by atoms with van der Waals surface area (Å²) in [5.41, 5.74) is 7.63. The maximum Gasteiger partial charge on any atom is 0.494 e. The minimum absolute atomic E-state index is 0.340. The van der Waals surface area contributed by atoms with E-state index in [9.17, 15) is 0 Å². The second-order valence-electron chi connectivity index (χ2n) is 10.6. The van der Waals surface area contributed by atoms with Crippen molar-refractivity contribution in [3.63, 3.8) is 0 Å². The molecule has 0 radical (unpaired) electrons. The van der Waals surface area contributed by atoms with Crippen LogP contribution in [0.4, 0.5) is 0 Å². The summed E-state index contributed by atoms with van der Waals surface area (Å²) in [7, 11) is -0.344. The smallest absolute Gasteiger partial charge is 0.399 e. The number of hydrogen-bond acceptors (Lipinski definition) is 2. The van der Waals surface area contributed by atoms with Crippen LogP contribution in [0.15, 0.2) is 91.0 Å². The molecule has 4 heteroatoms. The fourth-order valence-corrected chi connectivity index (χ4v) is 4.94. The molecule has 0 bridgehead atoms. The van der Waals surface area contributed by atoms with Crippen molar-refractivity contribution in [3.05, 3.63) is 96.6 Å². The normalized spacial score (nSPS) is 16.9. The molecule has 0 saturated carbocycles. The minimum Gasteiger partial charge on any atom is -0.399 e. The Bertz CT molecular complexity index is 1530. The average Bonchev–Trinajstić information content (AvgIpc) is 3.29. The molecule has 0 aliphatic carbocycles. The van der Waals surface area contributed by atoms with Gasteiger partial charge in [-0.05, 0) is 81.5 Å². The van der Waals surface area contributed by atoms with Gasteiger partial charge in [0, 0.05) is 16.5 Å². The van der Waals surface area contributed by atoms with Gasteiger partial charge in [-0.2, -0.15) is 0 Å². The molecule has 1 aliphatic heterocycles. The lowest BCUT2D eigenvalue weighted by Crippen LogP contribution is -2.41. The number of fused-ring (bicyclic) bond motifs is 3. The van der Waals surface area contributed by atoms with Crippen molar-refractivity contribution in [1.82, 2.24) is 4.57 Å². The lowest BCUT2D eigenvalue weighted by Gasteiger charge is -2.32. The first-order chi connectivity index (χ1) is 16.7. The molecule has 1 fully saturated rings. The van der Waals surface area contributed by atoms with E-state index in [1.807, 2.05) is 0 Å². The van der Waals surface area contributed by atoms with Gasteiger partial charge in [0.2, 0.25) is 0 Å². The SMILES string of the molecule is Cc1ccc(-n2c3ccccc3c3cc(-c4ccc(B5OC(C)(C)C(C)(C)O5)cc4)ccc32)cc1. The highest BCUT2D eigenvalue weighted by molar-refractivity contribution is 6.62. The fourth-order valence-electron chi connectivity index (χ4n) is 4.94. The molecule has 1 saturated heterocycles. The number of rotatable bonds is 3. The molecule has 4 aromatic carbocycles. The van der Waals surface area contributed by atoms with Gasteiger partial charge < -0.3 is 13.9 Å². The first kappa shape index (κ1) is 22.1. The molecule has 0 spiro atoms. The van der Waals surface area contributed by atoms with Crippen molar-refractivity contribution in [1.29, 1.82) is 0 Å². The zero-order valence-electron chi connectivity index (χ0n) is 21.0. The molecule has 174 valence electrons. The zero-order chi connectivity index (χ0) is 24.4. The molecule has 3 nitrogen and oxygen atoms in total. The second kappa shape index (κ2) is 7.84. The maximum atomic E-state index is 6.23. The quantitative estimate of drug-likeness (QED) is 0.270. The summed E-state index contributed by atoms with van der Waals surface area (Å²) in [4.78, 5) is 0. The Morgan fingerprint density at radius 1 is 0.629 bits per heavy atom. The van der Waals surface area contributed by atoms with Gasteiger partial charge in [-0.1, -0.05) is 66.2 Å². The van der Waals surface area contributed by atoms with E-state index >= 15 is 0 Å². The predicted octanol–water partition coefficient (Wildman–Crippen LogP) is 7.06. The summed E-state index contributed by atoms with van der Waals surface area (Å²) >= 11 is 0. The van der Waals surface area contributed by atoms with Gasteiger partial charge in [-0.25, -0.2) is 0 Å². The Morgan fingerprint density at radius 2 is 1.23 bits per heavy atom. The third kappa shape index (κ3) is 3.60. The average molecular weight is 459 g/mol. The van der Waals surface area contributed by atoms with Gasteiger partial charge in [0.1, 0.15) is 0 Å². The fraction of sp³-hybridized carbons (Fsp3) is 0.226. The highest BCUT2D eigenvalue weighted by atomic mass is 16.7. The summed E-state index contributed by atoms with van der Waals surface area (Å²) in [6, 6.07) is 32.7. The van der Waals surface area contributed by atoms with Gasteiger partial charge >= 0.3 is 7.12 Å². The number of nitrogens with zero attached hydrogens (tertiary/aromatic N) is 1. The lowest BCUT2D eigenvalue weighted by atomic mass is 9.78. The molecule has 35 heavy (non-hydrogen) atoms. The predicted molar refractivity (Wildman–Crippen MR) is 147 cm³/mol. The first-order valence-corrected chi connectivity index (χ1v) is 12.3. The number of aryl methyl sites for hydroxylation is 1. The lowest BCUT2D eigenvalue weighted by molar-refractivity contribution is 0.00578. The van der Waals surface area contributed by atoms with E-state index < -0.39 is 0 Å². The molecular formula is C31H30BNO2. The topological polar surface area (TPSA) is 23.4 Å². The van der Waals surface area contributed by atoms with Crippen LogP contribution < -0.4 is 5.46 Å². The minimum atomic E-state index is -0.344. The van der Waals surface area contributed by atoms with E-state index in [0.29, 0.717) is 0 Å². The highest BCUT2D eigenvalue weighted by Crippen LogP contribution is 2.37. The number of hydrogen-bond donors (Lipinski definition) is 0. The van der Waals surface area contributed by atoms with Gasteiger partial charge in [-0.15, -0.1) is 0 Å². The second-order valence-corrected chi connectivity index (χ2v) is 10.6. The molecule has 0 amide bonds. The monoisotopic (exact) mass is 459 g/mol. The number of benzene rings is 4. The van der Waals surface area contributed by atoms with Crippen molar-refractivity contribution in [2.45, 2.75) is 45.8 Å². The van der Waals surface area contributed by atoms with Crippen LogP contribution in [-0.2, 0) is 9.31 Å². The third-order valence-electron chi connectivity index (χ3n) is 7.73. The van der Waals surface area contributed by atoms with Crippen LogP contribution in [0.2, 0.25) is 0 Å². The standard InChI is InChI=1S/C31H30BNO2/c1-21-10-17-25(18-11-21)33-28-9-7-6-8-26(28)27-20-23(14-19-29(27)33)22-12-15-24(16-13-22)32-34-30(2,3)31(4,5)35-32/h6-20H,1-5H3. The van der Waals surface area contributed by atoms with Gasteiger partial charge in [0.25, 0.3) is 0 Å². The summed E-state index contributed by atoms with van der Waals surface area (Å²) in [5.74, 6) is 0. The van der Waals surface area contributed by atoms with E-state index in [4.69, 9.17) is 9.31 Å². The summed E-state index contributed by atoms with van der Waals surface area (Å²) in [6.45, 7) is 10.5. The Hall–Kier alpha value is -3.34. The molecule has 1 aromatic heterocycles. The molecule has 2 heterocycles. The third-order valence-corrected chi connectivity index (χ3v) is 7.73. The van der Waals surface area contributed by atoms with E-state index in [1.54, 1.807) is 0 Å². The van der Waals surface area contributed by atoms with Crippen LogP contribution in [0.1, 0.15) is 33.3 Å². The zero-order valence-corrected chi connectivity index (χ0v) is 21.0. The Morgan fingerprint density at radius 3 is 1.91 bits per heavy atom. The number of aromatic nitrogens is 1. The summed E-state index contributed by atoms with van der Waals surface area (Å²) < 4.78 is 14.8. The molecule has 0 atom stereocenters. The van der Waals surface area contributed by atoms with Gasteiger partial charge in [0.05, 0.1) is 22.2 Å². The highest BCUT2D eigenvalue weighted by Gasteiger charge is 2.51. The van der Waals surface area contributed by atoms with Crippen LogP contribution in [0, 0.1) is 6.92 Å². The Balaban J connectivity index is 1.40. The Labute approximate surface area is 207 Å². The summed E-state index contributed by atoms with van der Waals surface area (Å²) in [6.07, 6.45) is 0. The van der Waals surface area contributed by atoms with Crippen molar-refractivity contribution >= 4 is 34.4 Å². The van der Waals surface area contributed by atoms with Gasteiger partial charge in [-0.3, -0.25) is 0 Å². The molecule has 1 aliphatic rings. The van der Waals surface area contributed by atoms with Crippen LogP contribution in [0.25, 0.3) is 38.6 Å². The van der Waals surface area contributed by atoms with Crippen molar-refractivity contribution in [2.75, 3.05) is 0 Å². The van der Waals surface area contributed by atoms with Crippen molar-refractivity contribution in [3.8, 4) is 16.8 Å². The van der Waals surface area contributed by atoms with Gasteiger partial charge in [0.15, 0.2) is 0 Å². The van der Waals surface area contributed by atoms with Crippen LogP contribution in [-0.4, -0.2) is 22.9 Å².